The fourth-order valence-corrected chi connectivity index (χ4v) is 4.90. The number of nitrogens with one attached hydrogen (secondary N) is 3. The second-order valence-electron chi connectivity index (χ2n) is 9.75. The van der Waals surface area contributed by atoms with Crippen LogP contribution in [0.4, 0.5) is 5.69 Å². The summed E-state index contributed by atoms with van der Waals surface area (Å²) < 4.78 is 11.0. The van der Waals surface area contributed by atoms with Gasteiger partial charge in [-0.15, -0.1) is 0 Å². The number of carbonyl (C=O) groups excluding carboxylic acids is 1. The van der Waals surface area contributed by atoms with Crippen molar-refractivity contribution in [2.45, 2.75) is 12.8 Å². The van der Waals surface area contributed by atoms with Crippen molar-refractivity contribution in [2.24, 2.45) is 5.92 Å². The average molecular weight is 516 g/mol. The molecule has 0 atom stereocenters. The van der Waals surface area contributed by atoms with Gasteiger partial charge in [-0.2, -0.15) is 5.10 Å². The van der Waals surface area contributed by atoms with E-state index in [0.29, 0.717) is 22.7 Å². The van der Waals surface area contributed by atoms with Crippen LogP contribution in [0.5, 0.6) is 11.5 Å². The highest BCUT2D eigenvalue weighted by Crippen LogP contribution is 2.38. The Labute approximate surface area is 221 Å². The van der Waals surface area contributed by atoms with Crippen molar-refractivity contribution in [3.8, 4) is 45.4 Å². The number of carbonyl (C=O) groups is 1. The van der Waals surface area contributed by atoms with Gasteiger partial charge >= 0.3 is 0 Å². The molecule has 5 heterocycles. The molecule has 8 rings (SSSR count). The van der Waals surface area contributed by atoms with Crippen molar-refractivity contribution >= 4 is 33.7 Å². The minimum absolute atomic E-state index is 0.0412. The maximum atomic E-state index is 12.2. The summed E-state index contributed by atoms with van der Waals surface area (Å²) in [5.74, 6) is 2.23. The molecule has 0 saturated heterocycles. The van der Waals surface area contributed by atoms with Gasteiger partial charge < -0.3 is 19.8 Å². The van der Waals surface area contributed by atoms with Crippen LogP contribution >= 0.6 is 0 Å². The van der Waals surface area contributed by atoms with E-state index in [4.69, 9.17) is 19.4 Å². The van der Waals surface area contributed by atoms with Crippen molar-refractivity contribution in [2.75, 3.05) is 12.1 Å². The number of nitrogens with zero attached hydrogens (tertiary/aromatic N) is 4. The molecule has 0 bridgehead atoms. The summed E-state index contributed by atoms with van der Waals surface area (Å²) in [5.41, 5.74) is 7.93. The van der Waals surface area contributed by atoms with Gasteiger partial charge in [-0.3, -0.25) is 14.9 Å². The molecule has 10 heteroatoms. The molecule has 3 N–H and O–H groups in total. The Kier molecular flexibility index (Phi) is 4.69. The average Bonchev–Trinajstić information content (AvgIpc) is 3.36. The number of aromatic nitrogens is 6. The van der Waals surface area contributed by atoms with E-state index in [1.54, 1.807) is 12.4 Å². The van der Waals surface area contributed by atoms with E-state index in [-0.39, 0.29) is 18.6 Å². The molecule has 0 unspecified atom stereocenters. The highest BCUT2D eigenvalue weighted by molar-refractivity contribution is 5.97. The molecule has 2 aliphatic rings. The summed E-state index contributed by atoms with van der Waals surface area (Å²) >= 11 is 0. The summed E-state index contributed by atoms with van der Waals surface area (Å²) in [5, 5.41) is 10.6. The van der Waals surface area contributed by atoms with Crippen molar-refractivity contribution in [1.82, 2.24) is 30.1 Å². The topological polar surface area (TPSA) is 131 Å². The SMILES string of the molecule is O=C(Nc1cncc(-c2ccc3[nH]nc(-c4nc5c(-c6ccc7c(c6)OCO7)cccc5[nH]4)c3n2)c1)C1CC1. The van der Waals surface area contributed by atoms with E-state index >= 15 is 0 Å². The predicted molar refractivity (Wildman–Crippen MR) is 145 cm³/mol. The number of amides is 1. The summed E-state index contributed by atoms with van der Waals surface area (Å²) in [6.45, 7) is 0.228. The zero-order chi connectivity index (χ0) is 25.9. The van der Waals surface area contributed by atoms with Gasteiger partial charge in [0.05, 0.1) is 34.1 Å². The number of imidazole rings is 1. The zero-order valence-corrected chi connectivity index (χ0v) is 20.6. The molecule has 2 aromatic carbocycles. The Bertz CT molecular complexity index is 1920. The number of rotatable bonds is 5. The molecule has 1 saturated carbocycles. The van der Waals surface area contributed by atoms with Gasteiger partial charge in [-0.25, -0.2) is 9.97 Å². The first kappa shape index (κ1) is 21.8. The van der Waals surface area contributed by atoms with Crippen LogP contribution in [0.25, 0.3) is 56.0 Å². The molecule has 4 aromatic heterocycles. The van der Waals surface area contributed by atoms with Crippen LogP contribution in [0.15, 0.2) is 67.0 Å². The standard InChI is InChI=1S/C29H21N7O3/c37-29(15-4-5-15)31-18-10-17(12-30-13-18)20-7-8-22-26(32-20)27(36-35-22)28-33-21-3-1-2-19(25(21)34-28)16-6-9-23-24(11-16)39-14-38-23/h1-3,6-13,15H,4-5,14H2,(H,31,37)(H,33,34)(H,35,36). The Morgan fingerprint density at radius 1 is 0.897 bits per heavy atom. The molecule has 1 fully saturated rings. The highest BCUT2D eigenvalue weighted by Gasteiger charge is 2.29. The van der Waals surface area contributed by atoms with Crippen LogP contribution in [-0.4, -0.2) is 42.8 Å². The third-order valence-electron chi connectivity index (χ3n) is 7.08. The van der Waals surface area contributed by atoms with Gasteiger partial charge in [0.2, 0.25) is 12.7 Å². The van der Waals surface area contributed by atoms with Gasteiger partial charge in [-0.05, 0) is 54.8 Å². The van der Waals surface area contributed by atoms with Crippen molar-refractivity contribution in [3.63, 3.8) is 0 Å². The molecule has 10 nitrogen and oxygen atoms in total. The normalized spacial score (nSPS) is 14.3. The van der Waals surface area contributed by atoms with Crippen LogP contribution in [-0.2, 0) is 4.79 Å². The van der Waals surface area contributed by atoms with E-state index in [0.717, 1.165) is 63.3 Å². The molecule has 1 aliphatic carbocycles. The van der Waals surface area contributed by atoms with Gasteiger partial charge in [0, 0.05) is 23.2 Å². The third kappa shape index (κ3) is 3.76. The minimum Gasteiger partial charge on any atom is -0.454 e. The number of hydrogen-bond acceptors (Lipinski definition) is 7. The number of anilines is 1. The third-order valence-corrected chi connectivity index (χ3v) is 7.08. The molecule has 6 aromatic rings. The molecule has 0 radical (unpaired) electrons. The monoisotopic (exact) mass is 515 g/mol. The first-order valence-electron chi connectivity index (χ1n) is 12.7. The molecule has 190 valence electrons. The van der Waals surface area contributed by atoms with E-state index in [2.05, 4.69) is 25.5 Å². The Hall–Kier alpha value is -5.25. The van der Waals surface area contributed by atoms with Gasteiger partial charge in [0.25, 0.3) is 0 Å². The smallest absolute Gasteiger partial charge is 0.231 e. The quantitative estimate of drug-likeness (QED) is 0.284. The maximum absolute atomic E-state index is 12.2. The minimum atomic E-state index is 0.0412. The molecule has 1 aliphatic heterocycles. The van der Waals surface area contributed by atoms with Crippen molar-refractivity contribution < 1.29 is 14.3 Å². The van der Waals surface area contributed by atoms with Crippen molar-refractivity contribution in [1.29, 1.82) is 0 Å². The molecule has 1 amide bonds. The predicted octanol–water partition coefficient (Wildman–Crippen LogP) is 5.31. The van der Waals surface area contributed by atoms with Crippen LogP contribution in [0.3, 0.4) is 0 Å². The van der Waals surface area contributed by atoms with Crippen LogP contribution in [0.2, 0.25) is 0 Å². The lowest BCUT2D eigenvalue weighted by Gasteiger charge is -2.06. The van der Waals surface area contributed by atoms with E-state index < -0.39 is 0 Å². The Morgan fingerprint density at radius 2 is 1.82 bits per heavy atom. The highest BCUT2D eigenvalue weighted by atomic mass is 16.7. The lowest BCUT2D eigenvalue weighted by atomic mass is 10.0. The van der Waals surface area contributed by atoms with Crippen LogP contribution < -0.4 is 14.8 Å². The maximum Gasteiger partial charge on any atom is 0.231 e. The summed E-state index contributed by atoms with van der Waals surface area (Å²) in [7, 11) is 0. The Balaban J connectivity index is 1.18. The van der Waals surface area contributed by atoms with Crippen LogP contribution in [0, 0.1) is 5.92 Å². The Morgan fingerprint density at radius 3 is 2.74 bits per heavy atom. The second kappa shape index (κ2) is 8.38. The fraction of sp³-hybridized carbons (Fsp3) is 0.138. The molecular formula is C29H21N7O3. The van der Waals surface area contributed by atoms with Gasteiger partial charge in [-0.1, -0.05) is 18.2 Å². The van der Waals surface area contributed by atoms with Crippen molar-refractivity contribution in [3.05, 3.63) is 67.0 Å². The number of fused-ring (bicyclic) bond motifs is 3. The number of ether oxygens (including phenoxy) is 2. The van der Waals surface area contributed by atoms with E-state index in [1.165, 1.54) is 0 Å². The fourth-order valence-electron chi connectivity index (χ4n) is 4.90. The summed E-state index contributed by atoms with van der Waals surface area (Å²) in [6.07, 6.45) is 5.28. The summed E-state index contributed by atoms with van der Waals surface area (Å²) in [4.78, 5) is 29.8. The number of H-pyrrole nitrogens is 2. The first-order valence-corrected chi connectivity index (χ1v) is 12.7. The molecule has 39 heavy (non-hydrogen) atoms. The largest absolute Gasteiger partial charge is 0.454 e. The van der Waals surface area contributed by atoms with Gasteiger partial charge in [0.1, 0.15) is 5.52 Å². The second-order valence-corrected chi connectivity index (χ2v) is 9.75. The number of hydrogen-bond donors (Lipinski definition) is 3. The first-order chi connectivity index (χ1) is 19.2. The number of pyridine rings is 2. The van der Waals surface area contributed by atoms with E-state index in [1.807, 2.05) is 54.6 Å². The summed E-state index contributed by atoms with van der Waals surface area (Å²) in [6, 6.07) is 17.6. The molecular weight excluding hydrogens is 494 g/mol. The lowest BCUT2D eigenvalue weighted by Crippen LogP contribution is -2.13. The van der Waals surface area contributed by atoms with Crippen LogP contribution in [0.1, 0.15) is 12.8 Å². The number of para-hydroxylation sites is 1. The number of benzene rings is 2. The zero-order valence-electron chi connectivity index (χ0n) is 20.6. The number of aromatic amines is 2. The molecule has 0 spiro atoms. The van der Waals surface area contributed by atoms with Gasteiger partial charge in [0.15, 0.2) is 23.0 Å². The lowest BCUT2D eigenvalue weighted by molar-refractivity contribution is -0.117. The van der Waals surface area contributed by atoms with E-state index in [9.17, 15) is 4.79 Å².